The minimum absolute atomic E-state index is 0.378. The summed E-state index contributed by atoms with van der Waals surface area (Å²) in [4.78, 5) is 26.4. The van der Waals surface area contributed by atoms with Gasteiger partial charge in [-0.3, -0.25) is 9.59 Å². The van der Waals surface area contributed by atoms with Crippen LogP contribution >= 0.6 is 0 Å². The van der Waals surface area contributed by atoms with Crippen LogP contribution in [0.4, 0.5) is 0 Å². The lowest BCUT2D eigenvalue weighted by Gasteiger charge is -2.31. The third-order valence-electron chi connectivity index (χ3n) is 4.74. The maximum atomic E-state index is 13.2. The SMILES string of the molecule is C=CC(=O)C(C(=O)C=C)(c1ccc(OC)c(OC)c1)c1ccc(OC)c(OC)c1. The van der Waals surface area contributed by atoms with Crippen molar-refractivity contribution in [3.8, 4) is 23.0 Å². The Hall–Kier alpha value is -3.54. The van der Waals surface area contributed by atoms with Gasteiger partial charge in [-0.2, -0.15) is 0 Å². The summed E-state index contributed by atoms with van der Waals surface area (Å²) in [5.41, 5.74) is -0.947. The number of carbonyl (C=O) groups is 2. The summed E-state index contributed by atoms with van der Waals surface area (Å²) >= 11 is 0. The van der Waals surface area contributed by atoms with Gasteiger partial charge in [0.2, 0.25) is 0 Å². The Morgan fingerprint density at radius 2 is 1.03 bits per heavy atom. The minimum atomic E-state index is -1.72. The first-order valence-corrected chi connectivity index (χ1v) is 8.73. The van der Waals surface area contributed by atoms with E-state index in [1.165, 1.54) is 28.4 Å². The van der Waals surface area contributed by atoms with Crippen molar-refractivity contribution >= 4 is 11.6 Å². The van der Waals surface area contributed by atoms with E-state index < -0.39 is 17.0 Å². The summed E-state index contributed by atoms with van der Waals surface area (Å²) in [5.74, 6) is 0.667. The fourth-order valence-electron chi connectivity index (χ4n) is 3.30. The zero-order valence-corrected chi connectivity index (χ0v) is 17.0. The predicted molar refractivity (Wildman–Crippen MR) is 110 cm³/mol. The zero-order valence-electron chi connectivity index (χ0n) is 17.0. The first-order chi connectivity index (χ1) is 13.9. The second kappa shape index (κ2) is 9.10. The van der Waals surface area contributed by atoms with Gasteiger partial charge in [0.15, 0.2) is 34.6 Å². The van der Waals surface area contributed by atoms with E-state index in [4.69, 9.17) is 18.9 Å². The zero-order chi connectivity index (χ0) is 21.6. The number of ether oxygens (including phenoxy) is 4. The molecule has 0 N–H and O–H groups in total. The molecule has 0 amide bonds. The molecule has 0 aliphatic carbocycles. The molecule has 2 aromatic rings. The van der Waals surface area contributed by atoms with Gasteiger partial charge >= 0.3 is 0 Å². The van der Waals surface area contributed by atoms with Crippen molar-refractivity contribution in [3.63, 3.8) is 0 Å². The number of allylic oxidation sites excluding steroid dienone is 2. The molecule has 2 rings (SSSR count). The van der Waals surface area contributed by atoms with Crippen LogP contribution in [-0.4, -0.2) is 40.0 Å². The summed E-state index contributed by atoms with van der Waals surface area (Å²) in [6.45, 7) is 7.20. The van der Waals surface area contributed by atoms with Gasteiger partial charge in [0.1, 0.15) is 5.41 Å². The van der Waals surface area contributed by atoms with E-state index in [0.717, 1.165) is 12.2 Å². The normalized spacial score (nSPS) is 10.6. The van der Waals surface area contributed by atoms with Gasteiger partial charge in [0.05, 0.1) is 28.4 Å². The number of hydrogen-bond donors (Lipinski definition) is 0. The maximum Gasteiger partial charge on any atom is 0.177 e. The Bertz CT molecular complexity index is 867. The van der Waals surface area contributed by atoms with Crippen LogP contribution in [0.1, 0.15) is 11.1 Å². The van der Waals surface area contributed by atoms with Crippen molar-refractivity contribution in [2.45, 2.75) is 5.41 Å². The van der Waals surface area contributed by atoms with Crippen LogP contribution in [0.3, 0.4) is 0 Å². The van der Waals surface area contributed by atoms with Crippen molar-refractivity contribution in [2.24, 2.45) is 0 Å². The second-order valence-electron chi connectivity index (χ2n) is 6.03. The Morgan fingerprint density at radius 3 is 1.31 bits per heavy atom. The summed E-state index contributed by atoms with van der Waals surface area (Å²) in [5, 5.41) is 0. The molecular formula is C23H24O6. The third-order valence-corrected chi connectivity index (χ3v) is 4.74. The number of benzene rings is 2. The van der Waals surface area contributed by atoms with Gasteiger partial charge in [0.25, 0.3) is 0 Å². The van der Waals surface area contributed by atoms with Crippen molar-refractivity contribution < 1.29 is 28.5 Å². The van der Waals surface area contributed by atoms with E-state index in [-0.39, 0.29) is 0 Å². The van der Waals surface area contributed by atoms with Gasteiger partial charge in [-0.1, -0.05) is 25.3 Å². The number of methoxy groups -OCH3 is 4. The van der Waals surface area contributed by atoms with Crippen LogP contribution in [0, 0.1) is 0 Å². The smallest absolute Gasteiger partial charge is 0.177 e. The van der Waals surface area contributed by atoms with Crippen LogP contribution in [0.5, 0.6) is 23.0 Å². The quantitative estimate of drug-likeness (QED) is 0.452. The van der Waals surface area contributed by atoms with Crippen molar-refractivity contribution in [3.05, 3.63) is 72.8 Å². The van der Waals surface area contributed by atoms with Crippen molar-refractivity contribution in [1.82, 2.24) is 0 Å². The Kier molecular flexibility index (Phi) is 6.83. The van der Waals surface area contributed by atoms with Crippen LogP contribution in [0.25, 0.3) is 0 Å². The van der Waals surface area contributed by atoms with Crippen LogP contribution < -0.4 is 18.9 Å². The molecule has 0 aliphatic heterocycles. The summed E-state index contributed by atoms with van der Waals surface area (Å²) in [7, 11) is 5.96. The number of carbonyl (C=O) groups excluding carboxylic acids is 2. The average molecular weight is 396 g/mol. The molecule has 0 aromatic heterocycles. The molecule has 0 aliphatic rings. The van der Waals surface area contributed by atoms with Gasteiger partial charge in [0, 0.05) is 0 Å². The van der Waals surface area contributed by atoms with E-state index >= 15 is 0 Å². The van der Waals surface area contributed by atoms with E-state index in [2.05, 4.69) is 13.2 Å². The van der Waals surface area contributed by atoms with Crippen molar-refractivity contribution in [1.29, 1.82) is 0 Å². The van der Waals surface area contributed by atoms with Gasteiger partial charge < -0.3 is 18.9 Å². The Morgan fingerprint density at radius 1 is 0.690 bits per heavy atom. The molecule has 0 bridgehead atoms. The lowest BCUT2D eigenvalue weighted by atomic mass is 9.68. The average Bonchev–Trinajstić information content (AvgIpc) is 2.78. The highest BCUT2D eigenvalue weighted by molar-refractivity contribution is 6.22. The summed E-state index contributed by atoms with van der Waals surface area (Å²) in [6, 6.07) is 9.74. The molecule has 0 atom stereocenters. The predicted octanol–water partition coefficient (Wildman–Crippen LogP) is 3.52. The van der Waals surface area contributed by atoms with E-state index in [1.54, 1.807) is 36.4 Å². The van der Waals surface area contributed by atoms with Gasteiger partial charge in [-0.25, -0.2) is 0 Å². The highest BCUT2D eigenvalue weighted by atomic mass is 16.5. The molecule has 0 radical (unpaired) electrons. The molecular weight excluding hydrogens is 372 g/mol. The lowest BCUT2D eigenvalue weighted by molar-refractivity contribution is -0.127. The first kappa shape index (κ1) is 21.8. The molecule has 6 heteroatoms. The number of hydrogen-bond acceptors (Lipinski definition) is 6. The summed E-state index contributed by atoms with van der Waals surface area (Å²) in [6.07, 6.45) is 2.24. The van der Waals surface area contributed by atoms with E-state index in [9.17, 15) is 9.59 Å². The van der Waals surface area contributed by atoms with Gasteiger partial charge in [-0.15, -0.1) is 0 Å². The molecule has 0 heterocycles. The fourth-order valence-corrected chi connectivity index (χ4v) is 3.30. The fraction of sp³-hybridized carbons (Fsp3) is 0.217. The van der Waals surface area contributed by atoms with Crippen LogP contribution in [0.2, 0.25) is 0 Å². The monoisotopic (exact) mass is 396 g/mol. The summed E-state index contributed by atoms with van der Waals surface area (Å²) < 4.78 is 21.3. The maximum absolute atomic E-state index is 13.2. The topological polar surface area (TPSA) is 71.1 Å². The highest BCUT2D eigenvalue weighted by Crippen LogP contribution is 2.42. The Balaban J connectivity index is 2.94. The van der Waals surface area contributed by atoms with Gasteiger partial charge in [-0.05, 0) is 47.5 Å². The number of ketones is 2. The molecule has 0 saturated carbocycles. The lowest BCUT2D eigenvalue weighted by Crippen LogP contribution is -2.43. The molecule has 0 fully saturated rings. The molecule has 0 unspecified atom stereocenters. The largest absolute Gasteiger partial charge is 0.493 e. The number of rotatable bonds is 10. The molecule has 29 heavy (non-hydrogen) atoms. The molecule has 0 spiro atoms. The highest BCUT2D eigenvalue weighted by Gasteiger charge is 2.47. The molecule has 0 saturated heterocycles. The van der Waals surface area contributed by atoms with Crippen LogP contribution in [-0.2, 0) is 15.0 Å². The third kappa shape index (κ3) is 3.61. The Labute approximate surface area is 170 Å². The van der Waals surface area contributed by atoms with E-state index in [1.807, 2.05) is 0 Å². The second-order valence-corrected chi connectivity index (χ2v) is 6.03. The molecule has 2 aromatic carbocycles. The van der Waals surface area contributed by atoms with Crippen LogP contribution in [0.15, 0.2) is 61.7 Å². The van der Waals surface area contributed by atoms with Crippen molar-refractivity contribution in [2.75, 3.05) is 28.4 Å². The molecule has 6 nitrogen and oxygen atoms in total. The molecule has 152 valence electrons. The minimum Gasteiger partial charge on any atom is -0.493 e. The van der Waals surface area contributed by atoms with E-state index in [0.29, 0.717) is 34.1 Å². The first-order valence-electron chi connectivity index (χ1n) is 8.73. The standard InChI is InChI=1S/C23H24O6/c1-7-21(24)23(22(25)8-2,15-9-11-17(26-3)19(13-15)28-5)16-10-12-18(27-4)20(14-16)29-6/h7-14H,1-2H2,3-6H3.